The molecule has 0 unspecified atom stereocenters. The normalized spacial score (nSPS) is 10.2. The maximum atomic E-state index is 11.6. The van der Waals surface area contributed by atoms with Crippen molar-refractivity contribution in [3.63, 3.8) is 0 Å². The van der Waals surface area contributed by atoms with E-state index in [0.717, 1.165) is 0 Å². The van der Waals surface area contributed by atoms with Crippen LogP contribution >= 0.6 is 15.9 Å². The van der Waals surface area contributed by atoms with E-state index in [1.165, 1.54) is 23.0 Å². The van der Waals surface area contributed by atoms with Crippen LogP contribution in [-0.2, 0) is 0 Å². The van der Waals surface area contributed by atoms with E-state index in [4.69, 9.17) is 5.11 Å². The van der Waals surface area contributed by atoms with E-state index in [1.54, 1.807) is 18.2 Å². The molecule has 1 aromatic heterocycles. The third-order valence-electron chi connectivity index (χ3n) is 1.89. The van der Waals surface area contributed by atoms with Crippen molar-refractivity contribution in [1.29, 1.82) is 0 Å². The molecule has 15 heavy (non-hydrogen) atoms. The summed E-state index contributed by atoms with van der Waals surface area (Å²) in [6.07, 6.45) is 1.53. The lowest BCUT2D eigenvalue weighted by molar-refractivity contribution is 0.475. The smallest absolute Gasteiger partial charge is 0.285 e. The lowest BCUT2D eigenvalue weighted by atomic mass is 10.3. The van der Waals surface area contributed by atoms with Crippen molar-refractivity contribution in [2.24, 2.45) is 0 Å². The van der Waals surface area contributed by atoms with Gasteiger partial charge in [0.2, 0.25) is 0 Å². The Labute approximate surface area is 93.9 Å². The predicted octanol–water partition coefficient (Wildman–Crippen LogP) is 1.70. The molecule has 0 fully saturated rings. The van der Waals surface area contributed by atoms with E-state index >= 15 is 0 Å². The van der Waals surface area contributed by atoms with E-state index in [-0.39, 0.29) is 11.3 Å². The average Bonchev–Trinajstić information content (AvgIpc) is 2.24. The fourth-order valence-corrected chi connectivity index (χ4v) is 1.45. The summed E-state index contributed by atoms with van der Waals surface area (Å²) < 4.78 is 1.70. The van der Waals surface area contributed by atoms with Gasteiger partial charge in [-0.3, -0.25) is 4.79 Å². The highest BCUT2D eigenvalue weighted by atomic mass is 79.9. The number of phenols is 1. The van der Waals surface area contributed by atoms with Gasteiger partial charge in [-0.15, -0.1) is 0 Å². The molecule has 0 bridgehead atoms. The minimum atomic E-state index is -0.233. The Morgan fingerprint density at radius 1 is 1.20 bits per heavy atom. The van der Waals surface area contributed by atoms with Gasteiger partial charge in [0.25, 0.3) is 5.56 Å². The molecule has 0 spiro atoms. The van der Waals surface area contributed by atoms with Crippen LogP contribution < -0.4 is 5.56 Å². The van der Waals surface area contributed by atoms with Gasteiger partial charge in [0.1, 0.15) is 5.75 Å². The fourth-order valence-electron chi connectivity index (χ4n) is 1.17. The second-order valence-electron chi connectivity index (χ2n) is 2.91. The van der Waals surface area contributed by atoms with Crippen LogP contribution in [0, 0.1) is 0 Å². The topological polar surface area (TPSA) is 55.1 Å². The summed E-state index contributed by atoms with van der Waals surface area (Å²) in [5, 5.41) is 13.0. The highest BCUT2D eigenvalue weighted by molar-refractivity contribution is 9.10. The quantitative estimate of drug-likeness (QED) is 0.855. The van der Waals surface area contributed by atoms with Gasteiger partial charge in [0.05, 0.1) is 10.2 Å². The number of rotatable bonds is 1. The Kier molecular flexibility index (Phi) is 2.55. The second kappa shape index (κ2) is 3.86. The second-order valence-corrected chi connectivity index (χ2v) is 3.77. The maximum Gasteiger partial charge on any atom is 0.285 e. The summed E-state index contributed by atoms with van der Waals surface area (Å²) in [6, 6.07) is 7.83. The summed E-state index contributed by atoms with van der Waals surface area (Å²) in [4.78, 5) is 11.6. The standard InChI is InChI=1S/C10H7BrN2O2/c11-9-5-6-12-13(10(9)15)7-1-3-8(14)4-2-7/h1-6,14H. The first-order chi connectivity index (χ1) is 7.18. The van der Waals surface area contributed by atoms with Crippen LogP contribution in [0.3, 0.4) is 0 Å². The lowest BCUT2D eigenvalue weighted by Crippen LogP contribution is -2.20. The molecule has 2 aromatic rings. The molecule has 0 saturated carbocycles. The fraction of sp³-hybridized carbons (Fsp3) is 0. The number of halogens is 1. The van der Waals surface area contributed by atoms with Crippen LogP contribution in [-0.4, -0.2) is 14.9 Å². The monoisotopic (exact) mass is 266 g/mol. The molecule has 0 saturated heterocycles. The van der Waals surface area contributed by atoms with Gasteiger partial charge in [-0.25, -0.2) is 0 Å². The Hall–Kier alpha value is -1.62. The van der Waals surface area contributed by atoms with Gasteiger partial charge >= 0.3 is 0 Å². The van der Waals surface area contributed by atoms with Gasteiger partial charge in [0, 0.05) is 6.20 Å². The van der Waals surface area contributed by atoms with Crippen molar-refractivity contribution in [3.8, 4) is 11.4 Å². The van der Waals surface area contributed by atoms with E-state index in [1.807, 2.05) is 0 Å². The summed E-state index contributed by atoms with van der Waals surface area (Å²) in [5.74, 6) is 0.154. The molecule has 4 nitrogen and oxygen atoms in total. The average molecular weight is 267 g/mol. The molecule has 76 valence electrons. The molecular weight excluding hydrogens is 260 g/mol. The van der Waals surface area contributed by atoms with Crippen molar-refractivity contribution in [2.45, 2.75) is 0 Å². The van der Waals surface area contributed by atoms with E-state index in [0.29, 0.717) is 10.2 Å². The van der Waals surface area contributed by atoms with Crippen molar-refractivity contribution >= 4 is 15.9 Å². The number of aromatic nitrogens is 2. The molecule has 5 heteroatoms. The van der Waals surface area contributed by atoms with Crippen molar-refractivity contribution < 1.29 is 5.11 Å². The first-order valence-corrected chi connectivity index (χ1v) is 5.01. The summed E-state index contributed by atoms with van der Waals surface area (Å²) >= 11 is 3.14. The van der Waals surface area contributed by atoms with Crippen LogP contribution in [0.25, 0.3) is 5.69 Å². The third kappa shape index (κ3) is 1.92. The SMILES string of the molecule is O=c1c(Br)ccnn1-c1ccc(O)cc1. The minimum Gasteiger partial charge on any atom is -0.508 e. The Morgan fingerprint density at radius 2 is 1.87 bits per heavy atom. The molecule has 0 amide bonds. The van der Waals surface area contributed by atoms with Crippen molar-refractivity contribution in [2.75, 3.05) is 0 Å². The molecule has 0 radical (unpaired) electrons. The number of hydrogen-bond acceptors (Lipinski definition) is 3. The summed E-state index contributed by atoms with van der Waals surface area (Å²) in [5.41, 5.74) is 0.377. The van der Waals surface area contributed by atoms with Crippen molar-refractivity contribution in [1.82, 2.24) is 9.78 Å². The first-order valence-electron chi connectivity index (χ1n) is 4.22. The number of nitrogens with zero attached hydrogens (tertiary/aromatic N) is 2. The van der Waals surface area contributed by atoms with Gasteiger partial charge < -0.3 is 5.11 Å². The summed E-state index contributed by atoms with van der Waals surface area (Å²) in [7, 11) is 0. The lowest BCUT2D eigenvalue weighted by Gasteiger charge is -2.03. The highest BCUT2D eigenvalue weighted by Gasteiger charge is 2.03. The Bertz CT molecular complexity index is 534. The van der Waals surface area contributed by atoms with E-state index in [9.17, 15) is 4.79 Å². The zero-order chi connectivity index (χ0) is 10.8. The van der Waals surface area contributed by atoms with Crippen LogP contribution in [0.4, 0.5) is 0 Å². The molecule has 0 atom stereocenters. The molecule has 0 aliphatic heterocycles. The van der Waals surface area contributed by atoms with Gasteiger partial charge in [-0.05, 0) is 46.3 Å². The number of phenolic OH excluding ortho intramolecular Hbond substituents is 1. The maximum absolute atomic E-state index is 11.6. The third-order valence-corrected chi connectivity index (χ3v) is 2.50. The van der Waals surface area contributed by atoms with E-state index < -0.39 is 0 Å². The molecule has 0 aliphatic rings. The number of benzene rings is 1. The first kappa shape index (κ1) is 9.92. The molecule has 1 N–H and O–H groups in total. The van der Waals surface area contributed by atoms with Crippen LogP contribution in [0.5, 0.6) is 5.75 Å². The predicted molar refractivity (Wildman–Crippen MR) is 59.2 cm³/mol. The number of aromatic hydroxyl groups is 1. The zero-order valence-electron chi connectivity index (χ0n) is 7.59. The molecule has 0 aliphatic carbocycles. The molecule has 2 rings (SSSR count). The van der Waals surface area contributed by atoms with Crippen LogP contribution in [0.2, 0.25) is 0 Å². The minimum absolute atomic E-state index is 0.154. The largest absolute Gasteiger partial charge is 0.508 e. The highest BCUT2D eigenvalue weighted by Crippen LogP contribution is 2.12. The van der Waals surface area contributed by atoms with Gasteiger partial charge in [0.15, 0.2) is 0 Å². The van der Waals surface area contributed by atoms with Crippen molar-refractivity contribution in [3.05, 3.63) is 51.4 Å². The Morgan fingerprint density at radius 3 is 2.53 bits per heavy atom. The number of hydrogen-bond donors (Lipinski definition) is 1. The van der Waals surface area contributed by atoms with E-state index in [2.05, 4.69) is 21.0 Å². The van der Waals surface area contributed by atoms with Crippen LogP contribution in [0.1, 0.15) is 0 Å². The van der Waals surface area contributed by atoms with Crippen LogP contribution in [0.15, 0.2) is 45.8 Å². The summed E-state index contributed by atoms with van der Waals surface area (Å²) in [6.45, 7) is 0. The molecule has 1 heterocycles. The molecular formula is C10H7BrN2O2. The van der Waals surface area contributed by atoms with Gasteiger partial charge in [-0.2, -0.15) is 9.78 Å². The zero-order valence-corrected chi connectivity index (χ0v) is 9.18. The van der Waals surface area contributed by atoms with Gasteiger partial charge in [-0.1, -0.05) is 0 Å². The molecule has 1 aromatic carbocycles. The Balaban J connectivity index is 2.59.